The lowest BCUT2D eigenvalue weighted by Gasteiger charge is -2.24. The Kier molecular flexibility index (Phi) is 5.45. The summed E-state index contributed by atoms with van der Waals surface area (Å²) in [6.45, 7) is 8.08. The molecule has 1 unspecified atom stereocenters. The molecule has 1 nitrogen and oxygen atoms in total. The molecule has 1 fully saturated rings. The molecule has 1 saturated carbocycles. The summed E-state index contributed by atoms with van der Waals surface area (Å²) in [5.41, 5.74) is 3.01. The van der Waals surface area contributed by atoms with Gasteiger partial charge in [-0.15, -0.1) is 0 Å². The Labute approximate surface area is 118 Å². The van der Waals surface area contributed by atoms with Crippen molar-refractivity contribution >= 4 is 0 Å². The zero-order valence-corrected chi connectivity index (χ0v) is 12.8. The number of rotatable bonds is 8. The number of benzene rings is 1. The van der Waals surface area contributed by atoms with E-state index in [4.69, 9.17) is 0 Å². The highest BCUT2D eigenvalue weighted by atomic mass is 14.9. The van der Waals surface area contributed by atoms with Gasteiger partial charge in [0.25, 0.3) is 0 Å². The van der Waals surface area contributed by atoms with Crippen LogP contribution in [0.25, 0.3) is 0 Å². The number of nitrogens with one attached hydrogen (secondary N) is 1. The molecular formula is C18H29N. The Bertz CT molecular complexity index is 377. The summed E-state index contributed by atoms with van der Waals surface area (Å²) in [6.07, 6.45) is 6.71. The summed E-state index contributed by atoms with van der Waals surface area (Å²) < 4.78 is 0. The Hall–Kier alpha value is -0.820. The lowest BCUT2D eigenvalue weighted by molar-refractivity contribution is 0.397. The van der Waals surface area contributed by atoms with Crippen LogP contribution in [0.4, 0.5) is 0 Å². The first-order valence-electron chi connectivity index (χ1n) is 8.03. The van der Waals surface area contributed by atoms with E-state index in [-0.39, 0.29) is 0 Å². The van der Waals surface area contributed by atoms with Crippen LogP contribution < -0.4 is 5.32 Å². The second-order valence-electron chi connectivity index (χ2n) is 6.15. The first kappa shape index (κ1) is 14.6. The molecule has 2 rings (SSSR count). The molecule has 1 aromatic carbocycles. The molecule has 106 valence electrons. The first-order chi connectivity index (χ1) is 9.24. The van der Waals surface area contributed by atoms with Gasteiger partial charge in [-0.05, 0) is 49.1 Å². The predicted octanol–water partition coefficient (Wildman–Crippen LogP) is 4.66. The molecule has 1 heteroatoms. The van der Waals surface area contributed by atoms with Crippen molar-refractivity contribution in [1.29, 1.82) is 0 Å². The van der Waals surface area contributed by atoms with Crippen LogP contribution >= 0.6 is 0 Å². The van der Waals surface area contributed by atoms with Crippen molar-refractivity contribution in [2.24, 2.45) is 5.92 Å². The van der Waals surface area contributed by atoms with Gasteiger partial charge in [-0.1, -0.05) is 51.0 Å². The van der Waals surface area contributed by atoms with E-state index in [9.17, 15) is 0 Å². The average Bonchev–Trinajstić information content (AvgIpc) is 3.24. The van der Waals surface area contributed by atoms with Crippen LogP contribution in [0.3, 0.4) is 0 Å². The van der Waals surface area contributed by atoms with E-state index in [2.05, 4.69) is 50.4 Å². The van der Waals surface area contributed by atoms with Crippen molar-refractivity contribution in [1.82, 2.24) is 5.32 Å². The third-order valence-corrected chi connectivity index (χ3v) is 4.63. The summed E-state index contributed by atoms with van der Waals surface area (Å²) in [7, 11) is 0. The van der Waals surface area contributed by atoms with Gasteiger partial charge in [0.15, 0.2) is 0 Å². The molecule has 0 heterocycles. The highest BCUT2D eigenvalue weighted by molar-refractivity contribution is 5.29. The first-order valence-corrected chi connectivity index (χ1v) is 8.03. The molecule has 0 aliphatic heterocycles. The van der Waals surface area contributed by atoms with Crippen LogP contribution in [0, 0.1) is 12.8 Å². The fourth-order valence-corrected chi connectivity index (χ4v) is 2.99. The zero-order chi connectivity index (χ0) is 13.7. The van der Waals surface area contributed by atoms with E-state index in [0.29, 0.717) is 5.92 Å². The van der Waals surface area contributed by atoms with Crippen molar-refractivity contribution in [3.8, 4) is 0 Å². The van der Waals surface area contributed by atoms with Crippen molar-refractivity contribution < 1.29 is 0 Å². The largest absolute Gasteiger partial charge is 0.313 e. The summed E-state index contributed by atoms with van der Waals surface area (Å²) in [4.78, 5) is 0. The third-order valence-electron chi connectivity index (χ3n) is 4.63. The molecule has 0 bridgehead atoms. The topological polar surface area (TPSA) is 12.0 Å². The minimum absolute atomic E-state index is 0.687. The summed E-state index contributed by atoms with van der Waals surface area (Å²) in [6, 6.07) is 9.75. The average molecular weight is 259 g/mol. The molecule has 0 amide bonds. The molecule has 1 N–H and O–H groups in total. The molecule has 0 radical (unpaired) electrons. The van der Waals surface area contributed by atoms with Crippen LogP contribution in [0.15, 0.2) is 24.3 Å². The third kappa shape index (κ3) is 4.35. The van der Waals surface area contributed by atoms with Gasteiger partial charge in [0.2, 0.25) is 0 Å². The zero-order valence-electron chi connectivity index (χ0n) is 12.8. The maximum Gasteiger partial charge on any atom is 0.00684 e. The summed E-state index contributed by atoms with van der Waals surface area (Å²) in [5, 5.41) is 3.74. The number of hydrogen-bond donors (Lipinski definition) is 1. The van der Waals surface area contributed by atoms with Gasteiger partial charge >= 0.3 is 0 Å². The highest BCUT2D eigenvalue weighted by Crippen LogP contribution is 2.30. The second-order valence-corrected chi connectivity index (χ2v) is 6.15. The van der Waals surface area contributed by atoms with E-state index >= 15 is 0 Å². The van der Waals surface area contributed by atoms with Gasteiger partial charge in [-0.3, -0.25) is 0 Å². The smallest absolute Gasteiger partial charge is 0.00684 e. The molecular weight excluding hydrogens is 230 g/mol. The molecule has 0 spiro atoms. The Morgan fingerprint density at radius 1 is 1.16 bits per heavy atom. The maximum absolute atomic E-state index is 3.74. The van der Waals surface area contributed by atoms with Crippen LogP contribution in [0.1, 0.15) is 63.0 Å². The standard InChI is InChI=1S/C18H29N/c1-4-15(5-2)12-16(13-19-17-10-11-17)18-9-7-6-8-14(18)3/h6-9,15-17,19H,4-5,10-13H2,1-3H3. The van der Waals surface area contributed by atoms with Gasteiger partial charge in [0.1, 0.15) is 0 Å². The van der Waals surface area contributed by atoms with Crippen LogP contribution in [0.2, 0.25) is 0 Å². The van der Waals surface area contributed by atoms with Crippen LogP contribution in [0.5, 0.6) is 0 Å². The predicted molar refractivity (Wildman–Crippen MR) is 83.6 cm³/mol. The Morgan fingerprint density at radius 3 is 2.42 bits per heavy atom. The fraction of sp³-hybridized carbons (Fsp3) is 0.667. The molecule has 0 aromatic heterocycles. The van der Waals surface area contributed by atoms with E-state index < -0.39 is 0 Å². The van der Waals surface area contributed by atoms with Crippen molar-refractivity contribution in [2.45, 2.75) is 64.8 Å². The minimum atomic E-state index is 0.687. The van der Waals surface area contributed by atoms with E-state index in [0.717, 1.165) is 18.5 Å². The Morgan fingerprint density at radius 2 is 1.84 bits per heavy atom. The van der Waals surface area contributed by atoms with Crippen molar-refractivity contribution in [3.05, 3.63) is 35.4 Å². The molecule has 1 aromatic rings. The molecule has 1 aliphatic rings. The normalized spacial score (nSPS) is 16.8. The Balaban J connectivity index is 2.05. The molecule has 19 heavy (non-hydrogen) atoms. The van der Waals surface area contributed by atoms with Crippen molar-refractivity contribution in [2.75, 3.05) is 6.54 Å². The lowest BCUT2D eigenvalue weighted by Crippen LogP contribution is -2.25. The lowest BCUT2D eigenvalue weighted by atomic mass is 9.84. The van der Waals surface area contributed by atoms with Gasteiger partial charge in [0.05, 0.1) is 0 Å². The van der Waals surface area contributed by atoms with Gasteiger partial charge in [-0.25, -0.2) is 0 Å². The van der Waals surface area contributed by atoms with Gasteiger partial charge in [-0.2, -0.15) is 0 Å². The maximum atomic E-state index is 3.74. The van der Waals surface area contributed by atoms with Gasteiger partial charge in [0, 0.05) is 12.6 Å². The summed E-state index contributed by atoms with van der Waals surface area (Å²) in [5.74, 6) is 1.55. The van der Waals surface area contributed by atoms with Crippen LogP contribution in [-0.2, 0) is 0 Å². The SMILES string of the molecule is CCC(CC)CC(CNC1CC1)c1ccccc1C. The van der Waals surface area contributed by atoms with Crippen molar-refractivity contribution in [3.63, 3.8) is 0 Å². The second kappa shape index (κ2) is 7.09. The molecule has 1 aliphatic carbocycles. The van der Waals surface area contributed by atoms with E-state index in [1.165, 1.54) is 37.7 Å². The number of hydrogen-bond acceptors (Lipinski definition) is 1. The highest BCUT2D eigenvalue weighted by Gasteiger charge is 2.24. The van der Waals surface area contributed by atoms with Gasteiger partial charge < -0.3 is 5.32 Å². The molecule has 0 saturated heterocycles. The fourth-order valence-electron chi connectivity index (χ4n) is 2.99. The summed E-state index contributed by atoms with van der Waals surface area (Å²) >= 11 is 0. The minimum Gasteiger partial charge on any atom is -0.313 e. The quantitative estimate of drug-likeness (QED) is 0.716. The van der Waals surface area contributed by atoms with E-state index in [1.54, 1.807) is 5.56 Å². The van der Waals surface area contributed by atoms with E-state index in [1.807, 2.05) is 0 Å². The molecule has 1 atom stereocenters. The van der Waals surface area contributed by atoms with Crippen LogP contribution in [-0.4, -0.2) is 12.6 Å². The monoisotopic (exact) mass is 259 g/mol. The number of aryl methyl sites for hydroxylation is 1.